The summed E-state index contributed by atoms with van der Waals surface area (Å²) >= 11 is 12.5. The number of rotatable bonds is 4. The minimum atomic E-state index is -0.205. The van der Waals surface area contributed by atoms with E-state index in [0.717, 1.165) is 28.3 Å². The normalized spacial score (nSPS) is 17.5. The SMILES string of the molecule is O=C(N[C@H]1CCOc2ccccc21)c1cnn2c(-c3cc(Cl)cc(Cl)c3)cnc2c1N1CCOCC1. The van der Waals surface area contributed by atoms with E-state index in [1.54, 1.807) is 23.0 Å². The van der Waals surface area contributed by atoms with E-state index >= 15 is 0 Å². The van der Waals surface area contributed by atoms with Gasteiger partial charge in [0, 0.05) is 40.7 Å². The van der Waals surface area contributed by atoms with Crippen molar-refractivity contribution in [3.05, 3.63) is 76.0 Å². The fraction of sp³-hybridized carbons (Fsp3) is 0.269. The second kappa shape index (κ2) is 9.61. The van der Waals surface area contributed by atoms with Crippen LogP contribution in [0, 0.1) is 0 Å². The standard InChI is InChI=1S/C26H23Cl2N5O3/c27-17-11-16(12-18(28)13-17)22-15-29-25-24(32-6-9-35-10-7-32)20(14-30-33(22)25)26(34)31-21-5-8-36-23-4-2-1-3-19(21)23/h1-4,11-15,21H,5-10H2,(H,31,34)/t21-/m0/s1. The predicted molar refractivity (Wildman–Crippen MR) is 138 cm³/mol. The van der Waals surface area contributed by atoms with Crippen molar-refractivity contribution in [3.63, 3.8) is 0 Å². The fourth-order valence-electron chi connectivity index (χ4n) is 4.81. The summed E-state index contributed by atoms with van der Waals surface area (Å²) in [5.41, 5.74) is 4.27. The Morgan fingerprint density at radius 3 is 2.61 bits per heavy atom. The zero-order chi connectivity index (χ0) is 24.6. The number of hydrogen-bond acceptors (Lipinski definition) is 6. The minimum absolute atomic E-state index is 0.153. The lowest BCUT2D eigenvalue weighted by molar-refractivity contribution is 0.0923. The molecule has 0 bridgehead atoms. The van der Waals surface area contributed by atoms with Crippen LogP contribution in [-0.2, 0) is 4.74 Å². The molecule has 1 N–H and O–H groups in total. The summed E-state index contributed by atoms with van der Waals surface area (Å²) in [5.74, 6) is 0.595. The highest BCUT2D eigenvalue weighted by atomic mass is 35.5. The van der Waals surface area contributed by atoms with Gasteiger partial charge in [0.05, 0.1) is 55.2 Å². The number of nitrogens with zero attached hydrogens (tertiary/aromatic N) is 4. The smallest absolute Gasteiger partial charge is 0.255 e. The molecule has 0 unspecified atom stereocenters. The van der Waals surface area contributed by atoms with Gasteiger partial charge in [-0.1, -0.05) is 41.4 Å². The predicted octanol–water partition coefficient (Wildman–Crippen LogP) is 4.79. The lowest BCUT2D eigenvalue weighted by Gasteiger charge is -2.31. The van der Waals surface area contributed by atoms with Gasteiger partial charge in [-0.3, -0.25) is 4.79 Å². The van der Waals surface area contributed by atoms with E-state index in [2.05, 4.69) is 20.3 Å². The third-order valence-corrected chi connectivity index (χ3v) is 6.94. The molecule has 6 rings (SSSR count). The molecule has 1 saturated heterocycles. The van der Waals surface area contributed by atoms with Crippen LogP contribution in [0.4, 0.5) is 5.69 Å². The zero-order valence-electron chi connectivity index (χ0n) is 19.3. The summed E-state index contributed by atoms with van der Waals surface area (Å²) < 4.78 is 13.1. The van der Waals surface area contributed by atoms with Crippen LogP contribution in [0.25, 0.3) is 16.9 Å². The average Bonchev–Trinajstić information content (AvgIpc) is 3.32. The summed E-state index contributed by atoms with van der Waals surface area (Å²) in [6.07, 6.45) is 4.02. The monoisotopic (exact) mass is 523 g/mol. The maximum Gasteiger partial charge on any atom is 0.255 e. The molecule has 1 amide bonds. The van der Waals surface area contributed by atoms with E-state index in [1.807, 2.05) is 36.4 Å². The van der Waals surface area contributed by atoms with Crippen LogP contribution in [0.2, 0.25) is 10.0 Å². The maximum atomic E-state index is 13.7. The summed E-state index contributed by atoms with van der Waals surface area (Å²) in [4.78, 5) is 20.5. The maximum absolute atomic E-state index is 13.7. The Morgan fingerprint density at radius 2 is 1.81 bits per heavy atom. The first kappa shape index (κ1) is 23.1. The molecule has 4 heterocycles. The first-order chi connectivity index (χ1) is 17.6. The van der Waals surface area contributed by atoms with Gasteiger partial charge in [0.15, 0.2) is 5.65 Å². The molecule has 184 valence electrons. The number of benzene rings is 2. The number of ether oxygens (including phenoxy) is 2. The molecule has 10 heteroatoms. The molecule has 2 aliphatic rings. The highest BCUT2D eigenvalue weighted by molar-refractivity contribution is 6.35. The molecule has 4 aromatic rings. The Hall–Kier alpha value is -3.33. The molecule has 0 saturated carbocycles. The van der Waals surface area contributed by atoms with Crippen molar-refractivity contribution in [1.29, 1.82) is 0 Å². The molecule has 1 atom stereocenters. The van der Waals surface area contributed by atoms with Crippen LogP contribution in [-0.4, -0.2) is 53.4 Å². The van der Waals surface area contributed by atoms with Crippen molar-refractivity contribution < 1.29 is 14.3 Å². The number of halogens is 2. The van der Waals surface area contributed by atoms with Gasteiger partial charge in [-0.25, -0.2) is 9.50 Å². The Bertz CT molecular complexity index is 1430. The van der Waals surface area contributed by atoms with E-state index in [0.29, 0.717) is 60.6 Å². The molecule has 0 aliphatic carbocycles. The van der Waals surface area contributed by atoms with Gasteiger partial charge in [-0.05, 0) is 24.3 Å². The van der Waals surface area contributed by atoms with Crippen molar-refractivity contribution in [2.45, 2.75) is 12.5 Å². The van der Waals surface area contributed by atoms with Crippen LogP contribution in [0.5, 0.6) is 5.75 Å². The number of imidazole rings is 1. The third-order valence-electron chi connectivity index (χ3n) is 6.50. The minimum Gasteiger partial charge on any atom is -0.493 e. The molecule has 0 radical (unpaired) electrons. The van der Waals surface area contributed by atoms with E-state index in [1.165, 1.54) is 0 Å². The number of carbonyl (C=O) groups excluding carboxylic acids is 1. The molecule has 0 spiro atoms. The van der Waals surface area contributed by atoms with Crippen molar-refractivity contribution >= 4 is 40.4 Å². The molecular weight excluding hydrogens is 501 g/mol. The van der Waals surface area contributed by atoms with E-state index in [-0.39, 0.29) is 11.9 Å². The third kappa shape index (κ3) is 4.25. The van der Waals surface area contributed by atoms with Crippen LogP contribution < -0.4 is 15.0 Å². The van der Waals surface area contributed by atoms with Gasteiger partial charge in [-0.15, -0.1) is 0 Å². The molecule has 36 heavy (non-hydrogen) atoms. The molecule has 2 aliphatic heterocycles. The first-order valence-electron chi connectivity index (χ1n) is 11.8. The van der Waals surface area contributed by atoms with Crippen molar-refractivity contribution in [3.8, 4) is 17.0 Å². The van der Waals surface area contributed by atoms with Crippen molar-refractivity contribution in [2.24, 2.45) is 0 Å². The number of aromatic nitrogens is 3. The first-order valence-corrected chi connectivity index (χ1v) is 12.5. The number of nitrogens with one attached hydrogen (secondary N) is 1. The van der Waals surface area contributed by atoms with Gasteiger partial charge in [0.25, 0.3) is 5.91 Å². The Balaban J connectivity index is 1.42. The number of morpholine rings is 1. The average molecular weight is 524 g/mol. The Labute approximate surface area is 217 Å². The molecule has 2 aromatic heterocycles. The van der Waals surface area contributed by atoms with E-state index in [9.17, 15) is 4.79 Å². The summed E-state index contributed by atoms with van der Waals surface area (Å²) in [6, 6.07) is 13.0. The van der Waals surface area contributed by atoms with Crippen LogP contribution in [0.1, 0.15) is 28.4 Å². The van der Waals surface area contributed by atoms with Crippen molar-refractivity contribution in [2.75, 3.05) is 37.8 Å². The number of amides is 1. The molecule has 8 nitrogen and oxygen atoms in total. The molecular formula is C26H23Cl2N5O3. The second-order valence-corrected chi connectivity index (χ2v) is 9.62. The number of hydrogen-bond donors (Lipinski definition) is 1. The van der Waals surface area contributed by atoms with E-state index in [4.69, 9.17) is 32.7 Å². The van der Waals surface area contributed by atoms with Crippen LogP contribution in [0.15, 0.2) is 54.9 Å². The van der Waals surface area contributed by atoms with Gasteiger partial charge in [0.1, 0.15) is 5.75 Å². The Kier molecular flexibility index (Phi) is 6.17. The number of fused-ring (bicyclic) bond motifs is 2. The van der Waals surface area contributed by atoms with Gasteiger partial charge < -0.3 is 19.7 Å². The van der Waals surface area contributed by atoms with Gasteiger partial charge in [0.2, 0.25) is 0 Å². The van der Waals surface area contributed by atoms with Crippen molar-refractivity contribution in [1.82, 2.24) is 19.9 Å². The summed E-state index contributed by atoms with van der Waals surface area (Å²) in [5, 5.41) is 8.86. The number of anilines is 1. The fourth-order valence-corrected chi connectivity index (χ4v) is 5.34. The molecule has 1 fully saturated rings. The van der Waals surface area contributed by atoms with Gasteiger partial charge in [-0.2, -0.15) is 5.10 Å². The zero-order valence-corrected chi connectivity index (χ0v) is 20.8. The number of para-hydroxylation sites is 1. The Morgan fingerprint density at radius 1 is 1.03 bits per heavy atom. The topological polar surface area (TPSA) is 81.0 Å². The number of carbonyl (C=O) groups is 1. The lowest BCUT2D eigenvalue weighted by atomic mass is 10.00. The highest BCUT2D eigenvalue weighted by Gasteiger charge is 2.28. The van der Waals surface area contributed by atoms with Crippen LogP contribution in [0.3, 0.4) is 0 Å². The largest absolute Gasteiger partial charge is 0.493 e. The lowest BCUT2D eigenvalue weighted by Crippen LogP contribution is -2.39. The highest BCUT2D eigenvalue weighted by Crippen LogP contribution is 2.34. The van der Waals surface area contributed by atoms with E-state index < -0.39 is 0 Å². The summed E-state index contributed by atoms with van der Waals surface area (Å²) in [6.45, 7) is 2.97. The van der Waals surface area contributed by atoms with Gasteiger partial charge >= 0.3 is 0 Å². The second-order valence-electron chi connectivity index (χ2n) is 8.74. The quantitative estimate of drug-likeness (QED) is 0.414. The van der Waals surface area contributed by atoms with Crippen LogP contribution >= 0.6 is 23.2 Å². The molecule has 2 aromatic carbocycles. The summed E-state index contributed by atoms with van der Waals surface area (Å²) in [7, 11) is 0.